The van der Waals surface area contributed by atoms with Crippen LogP contribution in [0.25, 0.3) is 0 Å². The zero-order valence-corrected chi connectivity index (χ0v) is 15.3. The van der Waals surface area contributed by atoms with Crippen LogP contribution < -0.4 is 21.3 Å². The SMILES string of the molecule is Cc1cc(N2CCCN(c3cc(C4CC(N)C4)nc(N)n3)CC2)ccn1. The quantitative estimate of drug-likeness (QED) is 0.866. The van der Waals surface area contributed by atoms with Crippen molar-refractivity contribution in [3.63, 3.8) is 0 Å². The number of hydrogen-bond acceptors (Lipinski definition) is 7. The molecule has 0 radical (unpaired) electrons. The summed E-state index contributed by atoms with van der Waals surface area (Å²) in [6.45, 7) is 5.91. The van der Waals surface area contributed by atoms with Crippen molar-refractivity contribution in [2.24, 2.45) is 5.73 Å². The summed E-state index contributed by atoms with van der Waals surface area (Å²) in [7, 11) is 0. The average molecular weight is 353 g/mol. The molecule has 0 atom stereocenters. The van der Waals surface area contributed by atoms with E-state index in [9.17, 15) is 0 Å². The van der Waals surface area contributed by atoms with Gasteiger partial charge in [-0.2, -0.15) is 4.98 Å². The van der Waals surface area contributed by atoms with Gasteiger partial charge in [-0.15, -0.1) is 0 Å². The smallest absolute Gasteiger partial charge is 0.222 e. The molecule has 26 heavy (non-hydrogen) atoms. The number of nitrogens with zero attached hydrogens (tertiary/aromatic N) is 5. The van der Waals surface area contributed by atoms with Crippen molar-refractivity contribution in [1.82, 2.24) is 15.0 Å². The Hall–Kier alpha value is -2.41. The van der Waals surface area contributed by atoms with Gasteiger partial charge in [-0.3, -0.25) is 4.98 Å². The van der Waals surface area contributed by atoms with Crippen molar-refractivity contribution < 1.29 is 0 Å². The number of nitrogen functional groups attached to an aromatic ring is 1. The summed E-state index contributed by atoms with van der Waals surface area (Å²) in [6, 6.07) is 6.65. The van der Waals surface area contributed by atoms with Gasteiger partial charge >= 0.3 is 0 Å². The number of anilines is 3. The predicted molar refractivity (Wildman–Crippen MR) is 104 cm³/mol. The van der Waals surface area contributed by atoms with Gasteiger partial charge in [-0.25, -0.2) is 4.98 Å². The monoisotopic (exact) mass is 353 g/mol. The first-order chi connectivity index (χ1) is 12.6. The third-order valence-corrected chi connectivity index (χ3v) is 5.41. The van der Waals surface area contributed by atoms with Crippen molar-refractivity contribution >= 4 is 17.5 Å². The summed E-state index contributed by atoms with van der Waals surface area (Å²) in [5.41, 5.74) is 15.3. The third-order valence-electron chi connectivity index (χ3n) is 5.41. The summed E-state index contributed by atoms with van der Waals surface area (Å²) in [6.07, 6.45) is 4.94. The van der Waals surface area contributed by atoms with E-state index in [4.69, 9.17) is 11.5 Å². The van der Waals surface area contributed by atoms with Crippen LogP contribution in [-0.2, 0) is 0 Å². The fraction of sp³-hybridized carbons (Fsp3) is 0.526. The van der Waals surface area contributed by atoms with Gasteiger partial charge in [0.2, 0.25) is 5.95 Å². The number of nitrogens with two attached hydrogens (primary N) is 2. The number of pyridine rings is 1. The summed E-state index contributed by atoms with van der Waals surface area (Å²) in [5, 5.41) is 0. The number of aryl methyl sites for hydroxylation is 1. The molecule has 4 rings (SSSR count). The molecule has 0 unspecified atom stereocenters. The highest BCUT2D eigenvalue weighted by Gasteiger charge is 2.29. The van der Waals surface area contributed by atoms with Crippen molar-refractivity contribution in [2.75, 3.05) is 41.7 Å². The Bertz CT molecular complexity index is 772. The fourth-order valence-corrected chi connectivity index (χ4v) is 3.88. The molecule has 1 saturated heterocycles. The molecule has 3 heterocycles. The normalized spacial score (nSPS) is 23.5. The summed E-state index contributed by atoms with van der Waals surface area (Å²) >= 11 is 0. The minimum atomic E-state index is 0.301. The van der Waals surface area contributed by atoms with Gasteiger partial charge < -0.3 is 21.3 Å². The van der Waals surface area contributed by atoms with Crippen LogP contribution in [0.1, 0.15) is 36.6 Å². The van der Waals surface area contributed by atoms with Crippen molar-refractivity contribution in [1.29, 1.82) is 0 Å². The van der Waals surface area contributed by atoms with Crippen LogP contribution in [0.15, 0.2) is 24.4 Å². The molecule has 4 N–H and O–H groups in total. The first-order valence-electron chi connectivity index (χ1n) is 9.41. The van der Waals surface area contributed by atoms with Crippen LogP contribution in [0.2, 0.25) is 0 Å². The molecule has 7 nitrogen and oxygen atoms in total. The second-order valence-electron chi connectivity index (χ2n) is 7.42. The van der Waals surface area contributed by atoms with E-state index < -0.39 is 0 Å². The molecule has 0 spiro atoms. The van der Waals surface area contributed by atoms with Crippen molar-refractivity contribution in [3.05, 3.63) is 35.8 Å². The Morgan fingerprint density at radius 2 is 1.81 bits per heavy atom. The van der Waals surface area contributed by atoms with Crippen LogP contribution in [0, 0.1) is 6.92 Å². The largest absolute Gasteiger partial charge is 0.370 e. The summed E-state index contributed by atoms with van der Waals surface area (Å²) in [5.74, 6) is 1.74. The minimum absolute atomic E-state index is 0.301. The molecule has 138 valence electrons. The van der Waals surface area contributed by atoms with Crippen LogP contribution in [0.4, 0.5) is 17.5 Å². The zero-order valence-electron chi connectivity index (χ0n) is 15.3. The first-order valence-corrected chi connectivity index (χ1v) is 9.41. The van der Waals surface area contributed by atoms with Crippen LogP contribution in [0.5, 0.6) is 0 Å². The van der Waals surface area contributed by atoms with Crippen LogP contribution in [-0.4, -0.2) is 47.2 Å². The van der Waals surface area contributed by atoms with E-state index in [1.807, 2.05) is 13.1 Å². The molecule has 1 aliphatic carbocycles. The molecule has 2 fully saturated rings. The fourth-order valence-electron chi connectivity index (χ4n) is 3.88. The zero-order chi connectivity index (χ0) is 18.1. The Kier molecular flexibility index (Phi) is 4.63. The topological polar surface area (TPSA) is 97.2 Å². The van der Waals surface area contributed by atoms with Crippen molar-refractivity contribution in [2.45, 2.75) is 38.1 Å². The summed E-state index contributed by atoms with van der Waals surface area (Å²) in [4.78, 5) is 18.0. The number of rotatable bonds is 3. The maximum absolute atomic E-state index is 5.99. The molecular weight excluding hydrogens is 326 g/mol. The lowest BCUT2D eigenvalue weighted by molar-refractivity contribution is 0.345. The number of hydrogen-bond donors (Lipinski definition) is 2. The second-order valence-corrected chi connectivity index (χ2v) is 7.42. The standard InChI is InChI=1S/C19H27N7/c1-13-9-16(3-4-22-13)25-5-2-6-26(8-7-25)18-12-17(23-19(21)24-18)14-10-15(20)11-14/h3-4,9,12,14-15H,2,5-8,10-11,20H2,1H3,(H2,21,23,24). The predicted octanol–water partition coefficient (Wildman–Crippen LogP) is 1.68. The average Bonchev–Trinajstić information content (AvgIpc) is 2.84. The Morgan fingerprint density at radius 3 is 2.58 bits per heavy atom. The van der Waals surface area contributed by atoms with Gasteiger partial charge in [0, 0.05) is 61.8 Å². The highest BCUT2D eigenvalue weighted by Crippen LogP contribution is 2.36. The van der Waals surface area contributed by atoms with Gasteiger partial charge in [-0.05, 0) is 38.3 Å². The third kappa shape index (κ3) is 3.58. The Labute approximate surface area is 154 Å². The first kappa shape index (κ1) is 17.0. The van der Waals surface area contributed by atoms with Gasteiger partial charge in [0.25, 0.3) is 0 Å². The van der Waals surface area contributed by atoms with E-state index in [1.165, 1.54) is 5.69 Å². The highest BCUT2D eigenvalue weighted by atomic mass is 15.3. The molecule has 7 heteroatoms. The van der Waals surface area contributed by atoms with E-state index in [0.717, 1.165) is 62.6 Å². The lowest BCUT2D eigenvalue weighted by Gasteiger charge is -2.32. The van der Waals surface area contributed by atoms with Gasteiger partial charge in [0.05, 0.1) is 5.69 Å². The Balaban J connectivity index is 1.49. The van der Waals surface area contributed by atoms with Gasteiger partial charge in [0.1, 0.15) is 5.82 Å². The highest BCUT2D eigenvalue weighted by molar-refractivity contribution is 5.49. The van der Waals surface area contributed by atoms with E-state index in [-0.39, 0.29) is 0 Å². The van der Waals surface area contributed by atoms with E-state index in [1.54, 1.807) is 0 Å². The molecular formula is C19H27N7. The van der Waals surface area contributed by atoms with Crippen molar-refractivity contribution in [3.8, 4) is 0 Å². The van der Waals surface area contributed by atoms with E-state index in [0.29, 0.717) is 17.9 Å². The summed E-state index contributed by atoms with van der Waals surface area (Å²) < 4.78 is 0. The second kappa shape index (κ2) is 7.07. The molecule has 0 bridgehead atoms. The van der Waals surface area contributed by atoms with E-state index in [2.05, 4.69) is 43.0 Å². The van der Waals surface area contributed by atoms with Crippen LogP contribution in [0.3, 0.4) is 0 Å². The maximum atomic E-state index is 5.99. The molecule has 1 aliphatic heterocycles. The molecule has 1 saturated carbocycles. The van der Waals surface area contributed by atoms with Crippen LogP contribution >= 0.6 is 0 Å². The molecule has 2 aliphatic rings. The maximum Gasteiger partial charge on any atom is 0.222 e. The molecule has 2 aromatic rings. The molecule has 0 aromatic carbocycles. The van der Waals surface area contributed by atoms with E-state index >= 15 is 0 Å². The number of aromatic nitrogens is 3. The molecule has 0 amide bonds. The molecule has 2 aromatic heterocycles. The van der Waals surface area contributed by atoms with Gasteiger partial charge in [0.15, 0.2) is 0 Å². The minimum Gasteiger partial charge on any atom is -0.370 e. The Morgan fingerprint density at radius 1 is 1.04 bits per heavy atom. The van der Waals surface area contributed by atoms with Gasteiger partial charge in [-0.1, -0.05) is 0 Å². The lowest BCUT2D eigenvalue weighted by atomic mass is 9.78. The lowest BCUT2D eigenvalue weighted by Crippen LogP contribution is -2.35.